The molecule has 6 nitrogen and oxygen atoms in total. The summed E-state index contributed by atoms with van der Waals surface area (Å²) in [7, 11) is 2.15. The first kappa shape index (κ1) is 28.0. The number of phenolic OH excluding ortho intramolecular Hbond substituents is 1. The van der Waals surface area contributed by atoms with Crippen molar-refractivity contribution in [3.8, 4) is 16.9 Å². The van der Waals surface area contributed by atoms with Gasteiger partial charge in [-0.3, -0.25) is 9.36 Å². The minimum Gasteiger partial charge on any atom is -0.508 e. The molecule has 3 heterocycles. The van der Waals surface area contributed by atoms with E-state index in [0.29, 0.717) is 27.8 Å². The molecule has 0 saturated carbocycles. The molecule has 6 aromatic rings. The molecule has 4 aromatic carbocycles. The number of imidazole rings is 1. The largest absolute Gasteiger partial charge is 0.508 e. The summed E-state index contributed by atoms with van der Waals surface area (Å²) in [5, 5.41) is 11.1. The zero-order chi connectivity index (χ0) is 30.6. The zero-order valence-electron chi connectivity index (χ0n) is 24.5. The van der Waals surface area contributed by atoms with Crippen molar-refractivity contribution in [2.24, 2.45) is 0 Å². The van der Waals surface area contributed by atoms with Crippen LogP contribution in [-0.4, -0.2) is 44.7 Å². The Labute approximate surface area is 253 Å². The van der Waals surface area contributed by atoms with Crippen molar-refractivity contribution < 1.29 is 13.9 Å². The van der Waals surface area contributed by atoms with Gasteiger partial charge in [-0.15, -0.1) is 0 Å². The molecular weight excluding hydrogens is 558 g/mol. The maximum Gasteiger partial charge on any atom is 0.262 e. The predicted octanol–water partition coefficient (Wildman–Crippen LogP) is 7.15. The highest BCUT2D eigenvalue weighted by molar-refractivity contribution is 5.87. The summed E-state index contributed by atoms with van der Waals surface area (Å²) in [6.45, 7) is 4.42. The van der Waals surface area contributed by atoms with E-state index >= 15 is 4.39 Å². The monoisotopic (exact) mass is 590 g/mol. The zero-order valence-corrected chi connectivity index (χ0v) is 24.5. The predicted molar refractivity (Wildman–Crippen MR) is 169 cm³/mol. The summed E-state index contributed by atoms with van der Waals surface area (Å²) in [4.78, 5) is 24.2. The average Bonchev–Trinajstić information content (AvgIpc) is 3.45. The summed E-state index contributed by atoms with van der Waals surface area (Å²) in [6, 6.07) is 23.0. The van der Waals surface area contributed by atoms with Gasteiger partial charge in [-0.05, 0) is 109 Å². The molecule has 0 amide bonds. The minimum absolute atomic E-state index is 0.0938. The van der Waals surface area contributed by atoms with Crippen molar-refractivity contribution in [3.05, 3.63) is 130 Å². The fraction of sp³-hybridized carbons (Fsp3) is 0.222. The number of phenols is 1. The fourth-order valence-corrected chi connectivity index (χ4v) is 6.45. The smallest absolute Gasteiger partial charge is 0.262 e. The van der Waals surface area contributed by atoms with Gasteiger partial charge < -0.3 is 15.0 Å². The third-order valence-corrected chi connectivity index (χ3v) is 9.22. The molecule has 1 saturated heterocycles. The Kier molecular flexibility index (Phi) is 6.81. The molecule has 1 fully saturated rings. The first-order valence-corrected chi connectivity index (χ1v) is 14.8. The molecule has 1 aliphatic rings. The van der Waals surface area contributed by atoms with Crippen molar-refractivity contribution >= 4 is 21.8 Å². The molecule has 2 aromatic heterocycles. The summed E-state index contributed by atoms with van der Waals surface area (Å²) >= 11 is 0. The molecule has 1 unspecified atom stereocenters. The molecule has 0 radical (unpaired) electrons. The first-order chi connectivity index (χ1) is 21.2. The van der Waals surface area contributed by atoms with E-state index in [1.807, 2.05) is 42.5 Å². The number of benzene rings is 4. The Bertz CT molecular complexity index is 2040. The van der Waals surface area contributed by atoms with Gasteiger partial charge in [0.05, 0.1) is 16.4 Å². The number of rotatable bonds is 5. The SMILES string of the molecule is CN1CCC(C)(c2ccc(-c3cc(F)c4c(=O)n(C(c5nc6ccccc6[nH]5)c5cc(F)ccc5O)ccc4c3)cc2)CC1. The van der Waals surface area contributed by atoms with E-state index in [1.54, 1.807) is 12.3 Å². The number of halogens is 2. The highest BCUT2D eigenvalue weighted by Gasteiger charge is 2.31. The normalized spacial score (nSPS) is 16.0. The van der Waals surface area contributed by atoms with Gasteiger partial charge in [0.25, 0.3) is 5.56 Å². The molecule has 44 heavy (non-hydrogen) atoms. The van der Waals surface area contributed by atoms with Crippen LogP contribution in [0.5, 0.6) is 5.75 Å². The number of nitrogens with zero attached hydrogens (tertiary/aromatic N) is 3. The van der Waals surface area contributed by atoms with Crippen LogP contribution in [-0.2, 0) is 5.41 Å². The lowest BCUT2D eigenvalue weighted by Gasteiger charge is -2.38. The van der Waals surface area contributed by atoms with Crippen LogP contribution < -0.4 is 5.56 Å². The van der Waals surface area contributed by atoms with E-state index < -0.39 is 23.2 Å². The minimum atomic E-state index is -1.04. The molecule has 1 atom stereocenters. The Morgan fingerprint density at radius 1 is 0.932 bits per heavy atom. The quantitative estimate of drug-likeness (QED) is 0.224. The number of fused-ring (bicyclic) bond motifs is 2. The van der Waals surface area contributed by atoms with Gasteiger partial charge in [-0.2, -0.15) is 0 Å². The number of hydrogen-bond donors (Lipinski definition) is 2. The van der Waals surface area contributed by atoms with Crippen molar-refractivity contribution in [2.75, 3.05) is 20.1 Å². The number of hydrogen-bond acceptors (Lipinski definition) is 4. The van der Waals surface area contributed by atoms with E-state index in [-0.39, 0.29) is 22.1 Å². The van der Waals surface area contributed by atoms with E-state index in [2.05, 4.69) is 41.0 Å². The third kappa shape index (κ3) is 4.85. The summed E-state index contributed by atoms with van der Waals surface area (Å²) in [5.74, 6) is -1.14. The molecule has 0 bridgehead atoms. The van der Waals surface area contributed by atoms with Crippen LogP contribution in [0, 0.1) is 11.6 Å². The summed E-state index contributed by atoms with van der Waals surface area (Å²) < 4.78 is 31.6. The van der Waals surface area contributed by atoms with Gasteiger partial charge in [0.2, 0.25) is 0 Å². The van der Waals surface area contributed by atoms with Gasteiger partial charge >= 0.3 is 0 Å². The van der Waals surface area contributed by atoms with Crippen molar-refractivity contribution in [1.82, 2.24) is 19.4 Å². The van der Waals surface area contributed by atoms with Crippen LogP contribution in [0.2, 0.25) is 0 Å². The van der Waals surface area contributed by atoms with Gasteiger partial charge in [-0.25, -0.2) is 13.8 Å². The molecule has 1 aliphatic heterocycles. The summed E-state index contributed by atoms with van der Waals surface area (Å²) in [6.07, 6.45) is 3.71. The van der Waals surface area contributed by atoms with Crippen LogP contribution in [0.1, 0.15) is 42.8 Å². The second-order valence-corrected chi connectivity index (χ2v) is 12.1. The number of para-hydroxylation sites is 2. The Morgan fingerprint density at radius 2 is 1.68 bits per heavy atom. The standard InChI is InChI=1S/C36H32F2N4O2/c1-36(14-17-41(2)18-15-36)25-9-7-22(8-10-25)24-19-23-13-16-42(35(44)32(23)28(38)20-24)33(27-21-26(37)11-12-31(27)43)34-39-29-5-3-4-6-30(29)40-34/h3-13,16,19-21,33,43H,14-15,17-18H2,1-2H3,(H,39,40). The Hall–Kier alpha value is -4.82. The van der Waals surface area contributed by atoms with Gasteiger partial charge in [0, 0.05) is 11.8 Å². The molecule has 7 rings (SSSR count). The highest BCUT2D eigenvalue weighted by atomic mass is 19.1. The molecular formula is C36H32F2N4O2. The van der Waals surface area contributed by atoms with Crippen LogP contribution in [0.25, 0.3) is 32.9 Å². The average molecular weight is 591 g/mol. The van der Waals surface area contributed by atoms with E-state index in [9.17, 15) is 14.3 Å². The topological polar surface area (TPSA) is 74.2 Å². The summed E-state index contributed by atoms with van der Waals surface area (Å²) in [5.41, 5.74) is 3.77. The number of H-pyrrole nitrogens is 1. The van der Waals surface area contributed by atoms with E-state index in [4.69, 9.17) is 0 Å². The van der Waals surface area contributed by atoms with Crippen LogP contribution >= 0.6 is 0 Å². The maximum absolute atomic E-state index is 15.9. The lowest BCUT2D eigenvalue weighted by molar-refractivity contribution is 0.200. The number of pyridine rings is 1. The first-order valence-electron chi connectivity index (χ1n) is 14.8. The second kappa shape index (κ2) is 10.7. The molecule has 2 N–H and O–H groups in total. The highest BCUT2D eigenvalue weighted by Crippen LogP contribution is 2.37. The number of aromatic hydroxyl groups is 1. The van der Waals surface area contributed by atoms with E-state index in [1.165, 1.54) is 28.3 Å². The van der Waals surface area contributed by atoms with Crippen LogP contribution in [0.15, 0.2) is 95.9 Å². The molecule has 8 heteroatoms. The van der Waals surface area contributed by atoms with Gasteiger partial charge in [0.1, 0.15) is 29.3 Å². The third-order valence-electron chi connectivity index (χ3n) is 9.22. The maximum atomic E-state index is 15.9. The van der Waals surface area contributed by atoms with Crippen molar-refractivity contribution in [2.45, 2.75) is 31.2 Å². The second-order valence-electron chi connectivity index (χ2n) is 12.1. The van der Waals surface area contributed by atoms with Crippen molar-refractivity contribution in [1.29, 1.82) is 0 Å². The van der Waals surface area contributed by atoms with Gasteiger partial charge in [-0.1, -0.05) is 43.3 Å². The van der Waals surface area contributed by atoms with Gasteiger partial charge in [0.15, 0.2) is 0 Å². The molecule has 0 spiro atoms. The number of aromatic amines is 1. The fourth-order valence-electron chi connectivity index (χ4n) is 6.45. The van der Waals surface area contributed by atoms with Crippen LogP contribution in [0.3, 0.4) is 0 Å². The van der Waals surface area contributed by atoms with Crippen LogP contribution in [0.4, 0.5) is 8.78 Å². The lowest BCUT2D eigenvalue weighted by Crippen LogP contribution is -2.38. The number of piperidine rings is 1. The lowest BCUT2D eigenvalue weighted by atomic mass is 9.74. The Balaban J connectivity index is 1.31. The molecule has 0 aliphatic carbocycles. The number of nitrogens with one attached hydrogen (secondary N) is 1. The van der Waals surface area contributed by atoms with Crippen molar-refractivity contribution in [3.63, 3.8) is 0 Å². The number of likely N-dealkylation sites (tertiary alicyclic amines) is 1. The van der Waals surface area contributed by atoms with E-state index in [0.717, 1.165) is 37.6 Å². The molecule has 222 valence electrons. The number of aromatic nitrogens is 3. The Morgan fingerprint density at radius 3 is 2.43 bits per heavy atom.